The molecule has 0 N–H and O–H groups in total. The molecule has 0 saturated heterocycles. The second-order valence-electron chi connectivity index (χ2n) is 2.78. The van der Waals surface area contributed by atoms with Gasteiger partial charge >= 0.3 is 0 Å². The van der Waals surface area contributed by atoms with Crippen molar-refractivity contribution in [3.8, 4) is 0 Å². The molecular weight excluding hydrogens is 139 g/mol. The Bertz CT molecular complexity index is 79.3. The molecule has 58 valence electrons. The van der Waals surface area contributed by atoms with Crippen LogP contribution in [0.15, 0.2) is 0 Å². The zero-order valence-electron chi connectivity index (χ0n) is 7.10. The van der Waals surface area contributed by atoms with Crippen molar-refractivity contribution in [2.75, 3.05) is 0 Å². The van der Waals surface area contributed by atoms with Gasteiger partial charge in [0.25, 0.3) is 14.1 Å². The van der Waals surface area contributed by atoms with Gasteiger partial charge < -0.3 is 4.79 Å². The fourth-order valence-corrected chi connectivity index (χ4v) is 3.39. The summed E-state index contributed by atoms with van der Waals surface area (Å²) in [6.07, 6.45) is 2.96. The van der Waals surface area contributed by atoms with E-state index in [1.54, 1.807) is 0 Å². The van der Waals surface area contributed by atoms with Gasteiger partial charge in [-0.1, -0.05) is 36.1 Å². The lowest BCUT2D eigenvalue weighted by Crippen LogP contribution is -2.07. The van der Waals surface area contributed by atoms with Crippen LogP contribution < -0.4 is 0 Å². The van der Waals surface area contributed by atoms with Gasteiger partial charge in [-0.05, 0) is 0 Å². The minimum Gasteiger partial charge on any atom is -0.303 e. The zero-order valence-corrected chi connectivity index (χ0v) is 8.25. The largest absolute Gasteiger partial charge is 0.303 e. The standard InChI is InChI=1S/C4H7O.2C2H5.Al/c1-2-3-4-5;2*1-2;/h4H,1-3H2;2*1H2,2H3;. The monoisotopic (exact) mass is 156 g/mol. The van der Waals surface area contributed by atoms with Crippen LogP contribution in [0.2, 0.25) is 15.8 Å². The Hall–Kier alpha value is 0.202. The van der Waals surface area contributed by atoms with Crippen molar-refractivity contribution < 1.29 is 4.79 Å². The molecule has 0 spiro atoms. The Kier molecular flexibility index (Phi) is 7.46. The van der Waals surface area contributed by atoms with Crippen molar-refractivity contribution in [2.24, 2.45) is 0 Å². The van der Waals surface area contributed by atoms with E-state index < -0.39 is 0 Å². The summed E-state index contributed by atoms with van der Waals surface area (Å²) in [7, 11) is 0. The molecule has 10 heavy (non-hydrogen) atoms. The van der Waals surface area contributed by atoms with E-state index in [0.717, 1.165) is 19.1 Å². The number of rotatable bonds is 6. The molecule has 0 unspecified atom stereocenters. The first-order valence-electron chi connectivity index (χ1n) is 4.28. The minimum atomic E-state index is -0.383. The molecule has 1 nitrogen and oxygen atoms in total. The summed E-state index contributed by atoms with van der Waals surface area (Å²) in [5.74, 6) is 0. The van der Waals surface area contributed by atoms with Crippen LogP contribution in [0.5, 0.6) is 0 Å². The van der Waals surface area contributed by atoms with Gasteiger partial charge in [-0.2, -0.15) is 0 Å². The van der Waals surface area contributed by atoms with Crippen LogP contribution in [0.3, 0.4) is 0 Å². The Labute approximate surface area is 68.2 Å². The second kappa shape index (κ2) is 7.31. The molecular formula is C8H17AlO. The summed E-state index contributed by atoms with van der Waals surface area (Å²) < 4.78 is 0. The van der Waals surface area contributed by atoms with E-state index in [0.29, 0.717) is 0 Å². The second-order valence-corrected chi connectivity index (χ2v) is 6.72. The average molecular weight is 156 g/mol. The Morgan fingerprint density at radius 3 is 2.30 bits per heavy atom. The lowest BCUT2D eigenvalue weighted by Gasteiger charge is -2.02. The maximum Gasteiger partial charge on any atom is 0.261 e. The van der Waals surface area contributed by atoms with Crippen molar-refractivity contribution in [1.29, 1.82) is 0 Å². The summed E-state index contributed by atoms with van der Waals surface area (Å²) in [4.78, 5) is 9.98. The lowest BCUT2D eigenvalue weighted by molar-refractivity contribution is -0.107. The smallest absolute Gasteiger partial charge is 0.261 e. The molecule has 0 aliphatic heterocycles. The minimum absolute atomic E-state index is 0.383. The molecule has 0 aromatic heterocycles. The van der Waals surface area contributed by atoms with Crippen LogP contribution in [-0.2, 0) is 4.79 Å². The predicted octanol–water partition coefficient (Wildman–Crippen LogP) is 2.50. The Morgan fingerprint density at radius 1 is 1.30 bits per heavy atom. The molecule has 0 amide bonds. The molecule has 0 atom stereocenters. The highest BCUT2D eigenvalue weighted by molar-refractivity contribution is 6.58. The van der Waals surface area contributed by atoms with Gasteiger partial charge in [-0.15, -0.1) is 0 Å². The van der Waals surface area contributed by atoms with E-state index in [9.17, 15) is 4.79 Å². The summed E-state index contributed by atoms with van der Waals surface area (Å²) in [6.45, 7) is 4.56. The van der Waals surface area contributed by atoms with E-state index in [1.165, 1.54) is 15.8 Å². The Morgan fingerprint density at radius 2 is 1.90 bits per heavy atom. The lowest BCUT2D eigenvalue weighted by atomic mass is 10.4. The SMILES string of the molecule is C[CH2][Al]([CH2]C)[CH2]CCC=O. The molecule has 0 radical (unpaired) electrons. The molecule has 0 aliphatic carbocycles. The van der Waals surface area contributed by atoms with Gasteiger partial charge in [0, 0.05) is 6.42 Å². The normalized spacial score (nSPS) is 9.40. The number of hydrogen-bond donors (Lipinski definition) is 0. The van der Waals surface area contributed by atoms with Crippen LogP contribution >= 0.6 is 0 Å². The molecule has 0 aromatic carbocycles. The first kappa shape index (κ1) is 10.2. The molecule has 0 saturated carbocycles. The van der Waals surface area contributed by atoms with Crippen molar-refractivity contribution in [3.63, 3.8) is 0 Å². The molecule has 0 aromatic rings. The van der Waals surface area contributed by atoms with Crippen LogP contribution in [0.25, 0.3) is 0 Å². The summed E-state index contributed by atoms with van der Waals surface area (Å²) in [5, 5.41) is 4.16. The van der Waals surface area contributed by atoms with Crippen molar-refractivity contribution >= 4 is 20.4 Å². The van der Waals surface area contributed by atoms with Gasteiger partial charge in [0.1, 0.15) is 6.29 Å². The fourth-order valence-electron chi connectivity index (χ4n) is 1.19. The highest BCUT2D eigenvalue weighted by Gasteiger charge is 2.09. The third kappa shape index (κ3) is 5.02. The molecule has 0 heterocycles. The number of carbonyl (C=O) groups is 1. The number of hydrogen-bond acceptors (Lipinski definition) is 1. The van der Waals surface area contributed by atoms with E-state index in [4.69, 9.17) is 0 Å². The van der Waals surface area contributed by atoms with Crippen molar-refractivity contribution in [3.05, 3.63) is 0 Å². The number of carbonyl (C=O) groups excluding carboxylic acids is 1. The number of aldehydes is 1. The fraction of sp³-hybridized carbons (Fsp3) is 0.875. The molecule has 2 heteroatoms. The van der Waals surface area contributed by atoms with Gasteiger partial charge in [0.15, 0.2) is 0 Å². The quantitative estimate of drug-likeness (QED) is 0.328. The van der Waals surface area contributed by atoms with Crippen molar-refractivity contribution in [2.45, 2.75) is 42.5 Å². The van der Waals surface area contributed by atoms with E-state index in [1.807, 2.05) is 0 Å². The van der Waals surface area contributed by atoms with E-state index in [2.05, 4.69) is 13.8 Å². The third-order valence-electron chi connectivity index (χ3n) is 2.09. The summed E-state index contributed by atoms with van der Waals surface area (Å²) in [6, 6.07) is 0. The zero-order chi connectivity index (χ0) is 7.82. The van der Waals surface area contributed by atoms with Gasteiger partial charge in [0.2, 0.25) is 0 Å². The first-order chi connectivity index (χ1) is 4.85. The topological polar surface area (TPSA) is 17.1 Å². The molecule has 0 aliphatic rings. The van der Waals surface area contributed by atoms with Gasteiger partial charge in [-0.3, -0.25) is 0 Å². The van der Waals surface area contributed by atoms with Crippen molar-refractivity contribution in [1.82, 2.24) is 0 Å². The first-order valence-corrected chi connectivity index (χ1v) is 6.73. The van der Waals surface area contributed by atoms with E-state index >= 15 is 0 Å². The maximum absolute atomic E-state index is 9.98. The van der Waals surface area contributed by atoms with Crippen LogP contribution in [0.1, 0.15) is 26.7 Å². The summed E-state index contributed by atoms with van der Waals surface area (Å²) in [5.41, 5.74) is 0. The highest BCUT2D eigenvalue weighted by atomic mass is 27.2. The van der Waals surface area contributed by atoms with Crippen LogP contribution in [0.4, 0.5) is 0 Å². The van der Waals surface area contributed by atoms with Gasteiger partial charge in [0.05, 0.1) is 0 Å². The highest BCUT2D eigenvalue weighted by Crippen LogP contribution is 2.08. The van der Waals surface area contributed by atoms with Crippen LogP contribution in [-0.4, -0.2) is 20.4 Å². The van der Waals surface area contributed by atoms with Crippen LogP contribution in [0, 0.1) is 0 Å². The predicted molar refractivity (Wildman–Crippen MR) is 46.8 cm³/mol. The Balaban J connectivity index is 3.16. The third-order valence-corrected chi connectivity index (χ3v) is 5.62. The molecule has 0 rings (SSSR count). The van der Waals surface area contributed by atoms with Gasteiger partial charge in [-0.25, -0.2) is 0 Å². The van der Waals surface area contributed by atoms with E-state index in [-0.39, 0.29) is 14.1 Å². The molecule has 0 bridgehead atoms. The maximum atomic E-state index is 9.98. The number of unbranched alkanes of at least 4 members (excludes halogenated alkanes) is 1. The summed E-state index contributed by atoms with van der Waals surface area (Å²) >= 11 is -0.383. The average Bonchev–Trinajstić information content (AvgIpc) is 1.99. The molecule has 0 fully saturated rings.